The zero-order chi connectivity index (χ0) is 17.1. The van der Waals surface area contributed by atoms with E-state index in [0.29, 0.717) is 18.6 Å². The third-order valence-electron chi connectivity index (χ3n) is 4.35. The second-order valence-electron chi connectivity index (χ2n) is 5.92. The van der Waals surface area contributed by atoms with Crippen molar-refractivity contribution in [1.29, 1.82) is 0 Å². The first-order valence-electron chi connectivity index (χ1n) is 8.11. The minimum atomic E-state index is -0.836. The third-order valence-corrected chi connectivity index (χ3v) is 4.35. The number of benzene rings is 2. The van der Waals surface area contributed by atoms with Gasteiger partial charge >= 0.3 is 0 Å². The fraction of sp³-hybridized carbons (Fsp3) is 0.316. The number of ether oxygens (including phenoxy) is 1. The zero-order valence-corrected chi connectivity index (χ0v) is 13.5. The van der Waals surface area contributed by atoms with E-state index in [9.17, 15) is 9.18 Å². The SMILES string of the molecule is CCO[C@H]1c2ccccc2C[C@@H]1NC(=O)[C@@H](N)c1ccc(F)cc1. The highest BCUT2D eigenvalue weighted by Gasteiger charge is 2.34. The highest BCUT2D eigenvalue weighted by atomic mass is 19.1. The molecular formula is C19H21FN2O2. The van der Waals surface area contributed by atoms with Gasteiger partial charge in [-0.05, 0) is 42.2 Å². The first kappa shape index (κ1) is 16.6. The zero-order valence-electron chi connectivity index (χ0n) is 13.5. The van der Waals surface area contributed by atoms with Crippen molar-refractivity contribution in [2.75, 3.05) is 6.61 Å². The molecule has 0 heterocycles. The van der Waals surface area contributed by atoms with Crippen molar-refractivity contribution in [1.82, 2.24) is 5.32 Å². The molecule has 3 N–H and O–H groups in total. The van der Waals surface area contributed by atoms with Gasteiger partial charge in [-0.3, -0.25) is 4.79 Å². The van der Waals surface area contributed by atoms with Crippen LogP contribution in [-0.4, -0.2) is 18.6 Å². The van der Waals surface area contributed by atoms with Crippen LogP contribution in [0.25, 0.3) is 0 Å². The number of halogens is 1. The molecule has 2 aromatic carbocycles. The normalized spacial score (nSPS) is 20.5. The van der Waals surface area contributed by atoms with Crippen molar-refractivity contribution in [2.45, 2.75) is 31.5 Å². The van der Waals surface area contributed by atoms with Gasteiger partial charge in [0.1, 0.15) is 18.0 Å². The summed E-state index contributed by atoms with van der Waals surface area (Å²) in [5, 5.41) is 2.99. The third kappa shape index (κ3) is 3.32. The molecule has 2 aromatic rings. The van der Waals surface area contributed by atoms with E-state index in [2.05, 4.69) is 5.32 Å². The molecule has 0 bridgehead atoms. The molecule has 5 heteroatoms. The highest BCUT2D eigenvalue weighted by Crippen LogP contribution is 2.34. The Kier molecular flexibility index (Phi) is 4.92. The van der Waals surface area contributed by atoms with Crippen molar-refractivity contribution in [3.05, 3.63) is 71.0 Å². The predicted octanol–water partition coefficient (Wildman–Crippen LogP) is 2.64. The minimum absolute atomic E-state index is 0.152. The van der Waals surface area contributed by atoms with Crippen LogP contribution in [0.15, 0.2) is 48.5 Å². The van der Waals surface area contributed by atoms with E-state index in [4.69, 9.17) is 10.5 Å². The molecule has 0 aliphatic heterocycles. The van der Waals surface area contributed by atoms with Gasteiger partial charge in [0.05, 0.1) is 6.04 Å². The number of fused-ring (bicyclic) bond motifs is 1. The second kappa shape index (κ2) is 7.11. The Labute approximate surface area is 140 Å². The first-order valence-corrected chi connectivity index (χ1v) is 8.11. The van der Waals surface area contributed by atoms with Gasteiger partial charge in [0.25, 0.3) is 0 Å². The summed E-state index contributed by atoms with van der Waals surface area (Å²) in [6.07, 6.45) is 0.540. The van der Waals surface area contributed by atoms with Crippen molar-refractivity contribution in [3.63, 3.8) is 0 Å². The number of nitrogens with two attached hydrogens (primary N) is 1. The Balaban J connectivity index is 1.73. The van der Waals surface area contributed by atoms with Gasteiger partial charge in [0.2, 0.25) is 5.91 Å². The van der Waals surface area contributed by atoms with Crippen molar-refractivity contribution >= 4 is 5.91 Å². The van der Waals surface area contributed by atoms with E-state index in [0.717, 1.165) is 5.56 Å². The van der Waals surface area contributed by atoms with Gasteiger partial charge in [0.15, 0.2) is 0 Å². The molecule has 0 saturated carbocycles. The molecule has 1 amide bonds. The minimum Gasteiger partial charge on any atom is -0.372 e. The van der Waals surface area contributed by atoms with E-state index in [-0.39, 0.29) is 23.9 Å². The summed E-state index contributed by atoms with van der Waals surface area (Å²) in [4.78, 5) is 12.5. The summed E-state index contributed by atoms with van der Waals surface area (Å²) in [5.74, 6) is -0.641. The maximum atomic E-state index is 13.0. The molecule has 4 nitrogen and oxygen atoms in total. The van der Waals surface area contributed by atoms with Crippen molar-refractivity contribution in [2.24, 2.45) is 5.73 Å². The van der Waals surface area contributed by atoms with Gasteiger partial charge in [-0.2, -0.15) is 0 Å². The van der Waals surface area contributed by atoms with E-state index in [1.165, 1.54) is 29.8 Å². The highest BCUT2D eigenvalue weighted by molar-refractivity contribution is 5.83. The Hall–Kier alpha value is -2.24. The van der Waals surface area contributed by atoms with Crippen LogP contribution in [0.1, 0.15) is 35.8 Å². The lowest BCUT2D eigenvalue weighted by Crippen LogP contribution is -2.43. The summed E-state index contributed by atoms with van der Waals surface area (Å²) in [6.45, 7) is 2.50. The molecule has 1 aliphatic carbocycles. The van der Waals surface area contributed by atoms with Crippen LogP contribution in [0, 0.1) is 5.82 Å². The summed E-state index contributed by atoms with van der Waals surface area (Å²) in [5.41, 5.74) is 8.89. The smallest absolute Gasteiger partial charge is 0.241 e. The molecule has 3 rings (SSSR count). The molecule has 0 fully saturated rings. The lowest BCUT2D eigenvalue weighted by molar-refractivity contribution is -0.124. The fourth-order valence-electron chi connectivity index (χ4n) is 3.16. The largest absolute Gasteiger partial charge is 0.372 e. The molecule has 0 unspecified atom stereocenters. The second-order valence-corrected chi connectivity index (χ2v) is 5.92. The molecule has 3 atom stereocenters. The number of carbonyl (C=O) groups is 1. The summed E-state index contributed by atoms with van der Waals surface area (Å²) < 4.78 is 18.8. The van der Waals surface area contributed by atoms with Crippen LogP contribution >= 0.6 is 0 Å². The monoisotopic (exact) mass is 328 g/mol. The summed E-state index contributed by atoms with van der Waals surface area (Å²) >= 11 is 0. The number of amides is 1. The Morgan fingerprint density at radius 2 is 2.00 bits per heavy atom. The van der Waals surface area contributed by atoms with Gasteiger partial charge in [-0.25, -0.2) is 4.39 Å². The Morgan fingerprint density at radius 3 is 2.71 bits per heavy atom. The Bertz CT molecular complexity index is 718. The number of carbonyl (C=O) groups excluding carboxylic acids is 1. The molecule has 126 valence electrons. The van der Waals surface area contributed by atoms with Gasteiger partial charge in [0, 0.05) is 6.61 Å². The van der Waals surface area contributed by atoms with Gasteiger partial charge < -0.3 is 15.8 Å². The van der Waals surface area contributed by atoms with Gasteiger partial charge in [-0.1, -0.05) is 36.4 Å². The van der Waals surface area contributed by atoms with E-state index in [1.54, 1.807) is 0 Å². The van der Waals surface area contributed by atoms with Gasteiger partial charge in [-0.15, -0.1) is 0 Å². The lowest BCUT2D eigenvalue weighted by atomic mass is 10.1. The van der Waals surface area contributed by atoms with Crippen LogP contribution in [0.5, 0.6) is 0 Å². The van der Waals surface area contributed by atoms with Crippen LogP contribution < -0.4 is 11.1 Å². The molecular weight excluding hydrogens is 307 g/mol. The van der Waals surface area contributed by atoms with Crippen LogP contribution in [0.2, 0.25) is 0 Å². The molecule has 1 aliphatic rings. The summed E-state index contributed by atoms with van der Waals surface area (Å²) in [6, 6.07) is 12.7. The van der Waals surface area contributed by atoms with E-state index in [1.807, 2.05) is 31.2 Å². The molecule has 0 aromatic heterocycles. The molecule has 0 radical (unpaired) electrons. The molecule has 24 heavy (non-hydrogen) atoms. The molecule has 0 spiro atoms. The average Bonchev–Trinajstić information content (AvgIpc) is 2.93. The van der Waals surface area contributed by atoms with E-state index >= 15 is 0 Å². The topological polar surface area (TPSA) is 64.3 Å². The number of hydrogen-bond acceptors (Lipinski definition) is 3. The van der Waals surface area contributed by atoms with Crippen LogP contribution in [0.4, 0.5) is 4.39 Å². The number of rotatable bonds is 5. The molecule has 0 saturated heterocycles. The first-order chi connectivity index (χ1) is 11.6. The predicted molar refractivity (Wildman–Crippen MR) is 89.8 cm³/mol. The lowest BCUT2D eigenvalue weighted by Gasteiger charge is -2.23. The maximum absolute atomic E-state index is 13.0. The fourth-order valence-corrected chi connectivity index (χ4v) is 3.16. The standard InChI is InChI=1S/C19H21FN2O2/c1-2-24-18-15-6-4-3-5-13(15)11-16(18)22-19(23)17(21)12-7-9-14(20)10-8-12/h3-10,16-18H,2,11,21H2,1H3,(H,22,23)/t16-,17-,18-/m0/s1. The average molecular weight is 328 g/mol. The maximum Gasteiger partial charge on any atom is 0.241 e. The van der Waals surface area contributed by atoms with Crippen LogP contribution in [-0.2, 0) is 16.0 Å². The number of nitrogens with one attached hydrogen (secondary N) is 1. The van der Waals surface area contributed by atoms with Crippen LogP contribution in [0.3, 0.4) is 0 Å². The summed E-state index contributed by atoms with van der Waals surface area (Å²) in [7, 11) is 0. The quantitative estimate of drug-likeness (QED) is 0.887. The number of hydrogen-bond donors (Lipinski definition) is 2. The van der Waals surface area contributed by atoms with E-state index < -0.39 is 6.04 Å². The Morgan fingerprint density at radius 1 is 1.29 bits per heavy atom. The van der Waals surface area contributed by atoms with Crippen molar-refractivity contribution < 1.29 is 13.9 Å². The van der Waals surface area contributed by atoms with Crippen molar-refractivity contribution in [3.8, 4) is 0 Å².